The maximum absolute atomic E-state index is 13.6. The first-order valence-electron chi connectivity index (χ1n) is 11.2. The van der Waals surface area contributed by atoms with Crippen molar-refractivity contribution in [2.45, 2.75) is 35.3 Å². The third kappa shape index (κ3) is 4.75. The maximum atomic E-state index is 13.6. The van der Waals surface area contributed by atoms with Crippen LogP contribution in [0.15, 0.2) is 82.7 Å². The van der Waals surface area contributed by atoms with Crippen LogP contribution in [0.3, 0.4) is 0 Å². The van der Waals surface area contributed by atoms with Crippen molar-refractivity contribution in [2.75, 3.05) is 17.3 Å². The topological polar surface area (TPSA) is 102 Å². The molecule has 0 bridgehead atoms. The van der Waals surface area contributed by atoms with Gasteiger partial charge in [0.05, 0.1) is 27.1 Å². The molecule has 1 unspecified atom stereocenters. The highest BCUT2D eigenvalue weighted by Gasteiger charge is 2.21. The molecule has 4 aromatic rings. The number of benzene rings is 3. The van der Waals surface area contributed by atoms with E-state index in [0.29, 0.717) is 28.8 Å². The molecule has 180 valence electrons. The van der Waals surface area contributed by atoms with Crippen molar-refractivity contribution >= 4 is 32.3 Å². The average molecular weight is 495 g/mol. The SMILES string of the molecule is O=C(Nn1ncc2cc(S(=O)(=O)c3cccc(F)c3)ccc21)c1ccccc1NC1CCCCO1. The molecule has 1 saturated heterocycles. The van der Waals surface area contributed by atoms with Crippen LogP contribution >= 0.6 is 0 Å². The number of rotatable bonds is 6. The Morgan fingerprint density at radius 3 is 2.66 bits per heavy atom. The van der Waals surface area contributed by atoms with Crippen molar-refractivity contribution in [1.82, 2.24) is 9.89 Å². The van der Waals surface area contributed by atoms with Gasteiger partial charge in [-0.25, -0.2) is 18.2 Å². The van der Waals surface area contributed by atoms with Gasteiger partial charge in [0.2, 0.25) is 9.84 Å². The number of halogens is 1. The monoisotopic (exact) mass is 494 g/mol. The van der Waals surface area contributed by atoms with Gasteiger partial charge in [0, 0.05) is 17.7 Å². The molecule has 1 aliphatic rings. The molecule has 2 N–H and O–H groups in total. The summed E-state index contributed by atoms with van der Waals surface area (Å²) in [6, 6.07) is 16.4. The number of carbonyl (C=O) groups excluding carboxylic acids is 1. The molecule has 5 rings (SSSR count). The summed E-state index contributed by atoms with van der Waals surface area (Å²) >= 11 is 0. The summed E-state index contributed by atoms with van der Waals surface area (Å²) in [5.74, 6) is -1.02. The number of fused-ring (bicyclic) bond motifs is 1. The summed E-state index contributed by atoms with van der Waals surface area (Å²) in [6.45, 7) is 0.683. The van der Waals surface area contributed by atoms with Crippen LogP contribution in [0.2, 0.25) is 0 Å². The number of hydrogen-bond acceptors (Lipinski definition) is 6. The summed E-state index contributed by atoms with van der Waals surface area (Å²) in [5.41, 5.74) is 4.33. The van der Waals surface area contributed by atoms with Gasteiger partial charge in [0.15, 0.2) is 0 Å². The number of anilines is 1. The maximum Gasteiger partial charge on any atom is 0.273 e. The fraction of sp³-hybridized carbons (Fsp3) is 0.200. The lowest BCUT2D eigenvalue weighted by atomic mass is 10.1. The van der Waals surface area contributed by atoms with Gasteiger partial charge in [0.1, 0.15) is 12.0 Å². The zero-order valence-electron chi connectivity index (χ0n) is 18.6. The second kappa shape index (κ2) is 9.47. The number of ether oxygens (including phenoxy) is 1. The quantitative estimate of drug-likeness (QED) is 0.414. The van der Waals surface area contributed by atoms with E-state index in [4.69, 9.17) is 4.74 Å². The number of carbonyl (C=O) groups is 1. The molecule has 2 heterocycles. The van der Waals surface area contributed by atoms with E-state index in [1.807, 2.05) is 12.1 Å². The average Bonchev–Trinajstić information content (AvgIpc) is 3.27. The smallest absolute Gasteiger partial charge is 0.273 e. The minimum absolute atomic E-state index is 0.00324. The van der Waals surface area contributed by atoms with Crippen molar-refractivity contribution in [3.63, 3.8) is 0 Å². The molecule has 1 atom stereocenters. The molecule has 1 aromatic heterocycles. The number of nitrogens with zero attached hydrogens (tertiary/aromatic N) is 2. The Kier molecular flexibility index (Phi) is 6.23. The molecular weight excluding hydrogens is 471 g/mol. The van der Waals surface area contributed by atoms with Crippen LogP contribution in [-0.4, -0.2) is 37.0 Å². The van der Waals surface area contributed by atoms with Gasteiger partial charge in [-0.05, 0) is 67.8 Å². The molecule has 10 heteroatoms. The molecule has 0 spiro atoms. The second-order valence-corrected chi connectivity index (χ2v) is 10.2. The Morgan fingerprint density at radius 2 is 1.86 bits per heavy atom. The van der Waals surface area contributed by atoms with E-state index in [1.165, 1.54) is 41.3 Å². The van der Waals surface area contributed by atoms with E-state index in [9.17, 15) is 17.6 Å². The van der Waals surface area contributed by atoms with Gasteiger partial charge < -0.3 is 10.1 Å². The normalized spacial score (nSPS) is 16.2. The largest absolute Gasteiger partial charge is 0.359 e. The molecule has 8 nitrogen and oxygen atoms in total. The number of hydrogen-bond donors (Lipinski definition) is 2. The molecule has 0 radical (unpaired) electrons. The molecule has 1 aliphatic heterocycles. The first-order valence-corrected chi connectivity index (χ1v) is 12.7. The van der Waals surface area contributed by atoms with E-state index in [-0.39, 0.29) is 21.9 Å². The molecule has 35 heavy (non-hydrogen) atoms. The first-order chi connectivity index (χ1) is 16.9. The minimum atomic E-state index is -3.91. The number of aromatic nitrogens is 2. The zero-order chi connectivity index (χ0) is 24.4. The lowest BCUT2D eigenvalue weighted by Gasteiger charge is -2.25. The molecule has 0 aliphatic carbocycles. The predicted molar refractivity (Wildman–Crippen MR) is 129 cm³/mol. The van der Waals surface area contributed by atoms with Crippen molar-refractivity contribution in [3.8, 4) is 0 Å². The van der Waals surface area contributed by atoms with Gasteiger partial charge in [0.25, 0.3) is 5.91 Å². The zero-order valence-corrected chi connectivity index (χ0v) is 19.5. The van der Waals surface area contributed by atoms with Gasteiger partial charge in [-0.15, -0.1) is 0 Å². The van der Waals surface area contributed by atoms with Crippen LogP contribution < -0.4 is 10.7 Å². The van der Waals surface area contributed by atoms with E-state index in [1.54, 1.807) is 18.2 Å². The van der Waals surface area contributed by atoms with Crippen molar-refractivity contribution < 1.29 is 22.3 Å². The van der Waals surface area contributed by atoms with E-state index < -0.39 is 15.7 Å². The van der Waals surface area contributed by atoms with E-state index >= 15 is 0 Å². The number of nitrogens with one attached hydrogen (secondary N) is 2. The predicted octanol–water partition coefficient (Wildman–Crippen LogP) is 4.33. The molecule has 1 amide bonds. The highest BCUT2D eigenvalue weighted by atomic mass is 32.2. The highest BCUT2D eigenvalue weighted by molar-refractivity contribution is 7.91. The van der Waals surface area contributed by atoms with Crippen LogP contribution in [0.4, 0.5) is 10.1 Å². The summed E-state index contributed by atoms with van der Waals surface area (Å²) < 4.78 is 45.1. The standard InChI is InChI=1S/C25H23FN4O4S/c26-18-6-5-7-19(15-18)35(32,33)20-11-12-23-17(14-20)16-27-30(23)29-25(31)21-8-1-2-9-22(21)28-24-10-3-4-13-34-24/h1-2,5-9,11-12,14-16,24,28H,3-4,10,13H2,(H,29,31). The molecule has 1 fully saturated rings. The molecule has 0 saturated carbocycles. The van der Waals surface area contributed by atoms with Crippen molar-refractivity contribution in [2.24, 2.45) is 0 Å². The summed E-state index contributed by atoms with van der Waals surface area (Å²) in [6.07, 6.45) is 4.25. The van der Waals surface area contributed by atoms with Crippen molar-refractivity contribution in [1.29, 1.82) is 0 Å². The van der Waals surface area contributed by atoms with Crippen LogP contribution in [0, 0.1) is 5.82 Å². The van der Waals surface area contributed by atoms with E-state index in [0.717, 1.165) is 25.3 Å². The van der Waals surface area contributed by atoms with Gasteiger partial charge in [-0.2, -0.15) is 9.89 Å². The van der Waals surface area contributed by atoms with Crippen LogP contribution in [0.1, 0.15) is 29.6 Å². The summed E-state index contributed by atoms with van der Waals surface area (Å²) in [4.78, 5) is 14.2. The third-order valence-corrected chi connectivity index (χ3v) is 7.58. The minimum Gasteiger partial charge on any atom is -0.359 e. The van der Waals surface area contributed by atoms with Crippen LogP contribution in [0.5, 0.6) is 0 Å². The highest BCUT2D eigenvalue weighted by Crippen LogP contribution is 2.26. The van der Waals surface area contributed by atoms with Crippen molar-refractivity contribution in [3.05, 3.63) is 84.3 Å². The Labute approximate surface area is 201 Å². The number of sulfone groups is 1. The Balaban J connectivity index is 1.39. The first kappa shape index (κ1) is 23.0. The lowest BCUT2D eigenvalue weighted by molar-refractivity contribution is 0.0343. The lowest BCUT2D eigenvalue weighted by Crippen LogP contribution is -2.29. The van der Waals surface area contributed by atoms with Gasteiger partial charge in [-0.3, -0.25) is 4.79 Å². The molecule has 3 aromatic carbocycles. The summed E-state index contributed by atoms with van der Waals surface area (Å²) in [5, 5.41) is 7.99. The summed E-state index contributed by atoms with van der Waals surface area (Å²) in [7, 11) is -3.91. The Hall–Kier alpha value is -3.76. The number of para-hydroxylation sites is 1. The van der Waals surface area contributed by atoms with E-state index in [2.05, 4.69) is 15.8 Å². The Morgan fingerprint density at radius 1 is 1.03 bits per heavy atom. The molecular formula is C25H23FN4O4S. The van der Waals surface area contributed by atoms with Gasteiger partial charge in [-0.1, -0.05) is 18.2 Å². The number of amides is 1. The van der Waals surface area contributed by atoms with Crippen LogP contribution in [0.25, 0.3) is 10.9 Å². The van der Waals surface area contributed by atoms with Crippen LogP contribution in [-0.2, 0) is 14.6 Å². The fourth-order valence-corrected chi connectivity index (χ4v) is 5.36. The Bertz CT molecular complexity index is 1500. The fourth-order valence-electron chi connectivity index (χ4n) is 4.03. The third-order valence-electron chi connectivity index (χ3n) is 5.83. The van der Waals surface area contributed by atoms with Gasteiger partial charge >= 0.3 is 0 Å². The second-order valence-electron chi connectivity index (χ2n) is 8.22.